The zero-order valence-corrected chi connectivity index (χ0v) is 19.0. The number of Topliss-reactive ketones (excluding diaryl/α,β-unsaturated/α-hetero) is 1. The summed E-state index contributed by atoms with van der Waals surface area (Å²) in [6, 6.07) is 21.1. The standard InChI is InChI=1S/C27H25N5O2/c1-31-25(33)16-24(23-12-13-28-18-29-23)30-27(31)32-14-6-11-22(17-32)26(34)21-10-5-9-20(15-21)19-7-3-2-4-8-19/h2-5,7-10,12-13,15-16,18,22H,6,11,14,17H2,1H3. The van der Waals surface area contributed by atoms with Gasteiger partial charge in [0, 0.05) is 43.9 Å². The van der Waals surface area contributed by atoms with Crippen LogP contribution in [0.5, 0.6) is 0 Å². The van der Waals surface area contributed by atoms with Gasteiger partial charge in [0.1, 0.15) is 6.33 Å². The lowest BCUT2D eigenvalue weighted by molar-refractivity contribution is 0.0906. The molecule has 2 aromatic heterocycles. The highest BCUT2D eigenvalue weighted by Gasteiger charge is 2.29. The summed E-state index contributed by atoms with van der Waals surface area (Å²) in [6.45, 7) is 1.25. The number of hydrogen-bond acceptors (Lipinski definition) is 6. The number of nitrogens with zero attached hydrogens (tertiary/aromatic N) is 5. The van der Waals surface area contributed by atoms with Gasteiger partial charge in [-0.2, -0.15) is 0 Å². The van der Waals surface area contributed by atoms with Crippen molar-refractivity contribution in [2.24, 2.45) is 13.0 Å². The topological polar surface area (TPSA) is 81.0 Å². The van der Waals surface area contributed by atoms with Crippen molar-refractivity contribution in [2.45, 2.75) is 12.8 Å². The molecule has 1 atom stereocenters. The molecular weight excluding hydrogens is 426 g/mol. The minimum Gasteiger partial charge on any atom is -0.341 e. The molecule has 1 aliphatic heterocycles. The highest BCUT2D eigenvalue weighted by atomic mass is 16.1. The summed E-state index contributed by atoms with van der Waals surface area (Å²) >= 11 is 0. The van der Waals surface area contributed by atoms with Crippen LogP contribution in [0.1, 0.15) is 23.2 Å². The van der Waals surface area contributed by atoms with Gasteiger partial charge in [0.15, 0.2) is 5.78 Å². The molecule has 4 aromatic rings. The first-order chi connectivity index (χ1) is 16.6. The van der Waals surface area contributed by atoms with E-state index in [2.05, 4.69) is 9.97 Å². The normalized spacial score (nSPS) is 15.8. The van der Waals surface area contributed by atoms with Crippen molar-refractivity contribution in [1.82, 2.24) is 19.5 Å². The lowest BCUT2D eigenvalue weighted by Crippen LogP contribution is -2.42. The van der Waals surface area contributed by atoms with Gasteiger partial charge in [0.05, 0.1) is 11.4 Å². The molecule has 1 saturated heterocycles. The second-order valence-corrected chi connectivity index (χ2v) is 8.53. The van der Waals surface area contributed by atoms with E-state index in [1.54, 1.807) is 19.3 Å². The molecule has 0 radical (unpaired) electrons. The third-order valence-corrected chi connectivity index (χ3v) is 6.28. The summed E-state index contributed by atoms with van der Waals surface area (Å²) in [5, 5.41) is 0. The van der Waals surface area contributed by atoms with Crippen LogP contribution in [0.25, 0.3) is 22.5 Å². The molecule has 0 aliphatic carbocycles. The summed E-state index contributed by atoms with van der Waals surface area (Å²) < 4.78 is 1.54. The summed E-state index contributed by atoms with van der Waals surface area (Å²) in [7, 11) is 1.71. The van der Waals surface area contributed by atoms with Crippen LogP contribution in [0, 0.1) is 5.92 Å². The highest BCUT2D eigenvalue weighted by molar-refractivity contribution is 5.99. The van der Waals surface area contributed by atoms with Gasteiger partial charge in [0.25, 0.3) is 5.56 Å². The molecule has 1 aliphatic rings. The minimum absolute atomic E-state index is 0.124. The van der Waals surface area contributed by atoms with Crippen LogP contribution in [0.4, 0.5) is 5.95 Å². The fourth-order valence-electron chi connectivity index (χ4n) is 4.47. The van der Waals surface area contributed by atoms with Crippen LogP contribution < -0.4 is 10.5 Å². The number of rotatable bonds is 5. The maximum absolute atomic E-state index is 13.5. The molecule has 2 aromatic carbocycles. The second-order valence-electron chi connectivity index (χ2n) is 8.53. The average molecular weight is 452 g/mol. The third-order valence-electron chi connectivity index (χ3n) is 6.28. The largest absolute Gasteiger partial charge is 0.341 e. The van der Waals surface area contributed by atoms with E-state index < -0.39 is 0 Å². The average Bonchev–Trinajstić information content (AvgIpc) is 2.91. The second kappa shape index (κ2) is 9.39. The summed E-state index contributed by atoms with van der Waals surface area (Å²) in [4.78, 5) is 41.1. The van der Waals surface area contributed by atoms with Crippen molar-refractivity contribution >= 4 is 11.7 Å². The van der Waals surface area contributed by atoms with Gasteiger partial charge in [-0.25, -0.2) is 15.0 Å². The van der Waals surface area contributed by atoms with Crippen LogP contribution in [0.2, 0.25) is 0 Å². The Morgan fingerprint density at radius 1 is 0.971 bits per heavy atom. The van der Waals surface area contributed by atoms with Gasteiger partial charge in [-0.05, 0) is 36.1 Å². The zero-order valence-electron chi connectivity index (χ0n) is 19.0. The van der Waals surface area contributed by atoms with Crippen molar-refractivity contribution in [1.29, 1.82) is 0 Å². The van der Waals surface area contributed by atoms with E-state index in [9.17, 15) is 9.59 Å². The predicted octanol–water partition coefficient (Wildman–Crippen LogP) is 4.00. The van der Waals surface area contributed by atoms with E-state index in [0.717, 1.165) is 30.5 Å². The first-order valence-corrected chi connectivity index (χ1v) is 11.4. The van der Waals surface area contributed by atoms with E-state index in [1.165, 1.54) is 17.0 Å². The molecule has 0 N–H and O–H groups in total. The first-order valence-electron chi connectivity index (χ1n) is 11.4. The Kier molecular flexibility index (Phi) is 5.99. The Balaban J connectivity index is 1.41. The zero-order chi connectivity index (χ0) is 23.5. The number of carbonyl (C=O) groups excluding carboxylic acids is 1. The Bertz CT molecular complexity index is 1370. The number of anilines is 1. The number of carbonyl (C=O) groups is 1. The van der Waals surface area contributed by atoms with Gasteiger partial charge in [-0.1, -0.05) is 48.5 Å². The maximum Gasteiger partial charge on any atom is 0.255 e. The number of aromatic nitrogens is 4. The lowest BCUT2D eigenvalue weighted by Gasteiger charge is -2.33. The molecule has 7 nitrogen and oxygen atoms in total. The van der Waals surface area contributed by atoms with E-state index in [-0.39, 0.29) is 17.3 Å². The number of hydrogen-bond donors (Lipinski definition) is 0. The van der Waals surface area contributed by atoms with Gasteiger partial charge in [0.2, 0.25) is 5.95 Å². The van der Waals surface area contributed by atoms with Gasteiger partial charge in [-0.3, -0.25) is 14.2 Å². The Morgan fingerprint density at radius 2 is 1.79 bits per heavy atom. The molecule has 0 bridgehead atoms. The van der Waals surface area contributed by atoms with Crippen LogP contribution in [0.3, 0.4) is 0 Å². The monoisotopic (exact) mass is 451 g/mol. The van der Waals surface area contributed by atoms with Crippen molar-refractivity contribution in [3.8, 4) is 22.5 Å². The number of piperidine rings is 1. The Morgan fingerprint density at radius 3 is 2.59 bits per heavy atom. The predicted molar refractivity (Wildman–Crippen MR) is 132 cm³/mol. The summed E-state index contributed by atoms with van der Waals surface area (Å²) in [5.74, 6) is 0.510. The van der Waals surface area contributed by atoms with Crippen molar-refractivity contribution in [3.05, 3.63) is 95.2 Å². The highest BCUT2D eigenvalue weighted by Crippen LogP contribution is 2.27. The molecule has 7 heteroatoms. The maximum atomic E-state index is 13.5. The van der Waals surface area contributed by atoms with Gasteiger partial charge in [-0.15, -0.1) is 0 Å². The van der Waals surface area contributed by atoms with Crippen LogP contribution in [0.15, 0.2) is 84.0 Å². The molecule has 0 amide bonds. The Labute approximate surface area is 197 Å². The number of ketones is 1. The fourth-order valence-corrected chi connectivity index (χ4v) is 4.47. The quantitative estimate of drug-likeness (QED) is 0.427. The number of benzene rings is 2. The van der Waals surface area contributed by atoms with Crippen LogP contribution >= 0.6 is 0 Å². The van der Waals surface area contributed by atoms with Crippen molar-refractivity contribution < 1.29 is 4.79 Å². The van der Waals surface area contributed by atoms with Crippen LogP contribution in [-0.4, -0.2) is 38.4 Å². The molecule has 3 heterocycles. The SMILES string of the molecule is Cn1c(N2CCCC(C(=O)c3cccc(-c4ccccc4)c3)C2)nc(-c2ccncn2)cc1=O. The molecule has 5 rings (SSSR count). The van der Waals surface area contributed by atoms with E-state index in [0.29, 0.717) is 29.4 Å². The third kappa shape index (κ3) is 4.37. The van der Waals surface area contributed by atoms with Crippen molar-refractivity contribution in [2.75, 3.05) is 18.0 Å². The van der Waals surface area contributed by atoms with Gasteiger partial charge >= 0.3 is 0 Å². The molecule has 1 fully saturated rings. The summed E-state index contributed by atoms with van der Waals surface area (Å²) in [6.07, 6.45) is 4.72. The van der Waals surface area contributed by atoms with E-state index >= 15 is 0 Å². The van der Waals surface area contributed by atoms with E-state index in [1.807, 2.05) is 59.5 Å². The minimum atomic E-state index is -0.167. The molecular formula is C27H25N5O2. The van der Waals surface area contributed by atoms with Crippen molar-refractivity contribution in [3.63, 3.8) is 0 Å². The Hall–Kier alpha value is -4.13. The molecule has 0 saturated carbocycles. The van der Waals surface area contributed by atoms with E-state index in [4.69, 9.17) is 4.98 Å². The lowest BCUT2D eigenvalue weighted by atomic mass is 9.89. The van der Waals surface area contributed by atoms with Crippen LogP contribution in [-0.2, 0) is 7.05 Å². The first kappa shape index (κ1) is 21.7. The molecule has 170 valence electrons. The molecule has 1 unspecified atom stereocenters. The smallest absolute Gasteiger partial charge is 0.255 e. The molecule has 0 spiro atoms. The molecule has 34 heavy (non-hydrogen) atoms. The fraction of sp³-hybridized carbons (Fsp3) is 0.222. The van der Waals surface area contributed by atoms with Gasteiger partial charge < -0.3 is 4.90 Å². The summed E-state index contributed by atoms with van der Waals surface area (Å²) in [5.41, 5.74) is 3.76.